The monoisotopic (exact) mass is 325 g/mol. The number of nitrogens with zero attached hydrogens (tertiary/aromatic N) is 1. The summed E-state index contributed by atoms with van der Waals surface area (Å²) >= 11 is 3.41. The molecule has 19 heavy (non-hydrogen) atoms. The molecular weight excluding hydrogens is 310 g/mol. The molecule has 1 aliphatic rings. The Morgan fingerprint density at radius 1 is 1.47 bits per heavy atom. The number of hydrogen-bond acceptors (Lipinski definition) is 2. The van der Waals surface area contributed by atoms with E-state index in [9.17, 15) is 9.59 Å². The van der Waals surface area contributed by atoms with Crippen LogP contribution in [0.5, 0.6) is 0 Å². The van der Waals surface area contributed by atoms with Gasteiger partial charge in [-0.15, -0.1) is 0 Å². The van der Waals surface area contributed by atoms with Gasteiger partial charge in [0.1, 0.15) is 0 Å². The van der Waals surface area contributed by atoms with Gasteiger partial charge < -0.3 is 10.0 Å². The summed E-state index contributed by atoms with van der Waals surface area (Å²) in [6.45, 7) is 2.60. The maximum absolute atomic E-state index is 12.4. The second-order valence-corrected chi connectivity index (χ2v) is 5.71. The van der Waals surface area contributed by atoms with Gasteiger partial charge in [0, 0.05) is 22.6 Å². The van der Waals surface area contributed by atoms with Crippen molar-refractivity contribution < 1.29 is 14.7 Å². The summed E-state index contributed by atoms with van der Waals surface area (Å²) in [5.74, 6) is -0.931. The van der Waals surface area contributed by atoms with Crippen molar-refractivity contribution in [2.24, 2.45) is 0 Å². The SMILES string of the molecule is Cc1ccc(C(=O)N2CCCC2CC(=O)O)cc1Br. The van der Waals surface area contributed by atoms with E-state index < -0.39 is 5.97 Å². The fraction of sp³-hybridized carbons (Fsp3) is 0.429. The number of benzene rings is 1. The zero-order chi connectivity index (χ0) is 14.0. The normalized spacial score (nSPS) is 18.6. The molecule has 0 saturated carbocycles. The van der Waals surface area contributed by atoms with Crippen LogP contribution in [0.15, 0.2) is 22.7 Å². The molecule has 1 fully saturated rings. The van der Waals surface area contributed by atoms with Crippen LogP contribution in [-0.4, -0.2) is 34.5 Å². The van der Waals surface area contributed by atoms with Gasteiger partial charge in [0.25, 0.3) is 5.91 Å². The van der Waals surface area contributed by atoms with Crippen LogP contribution in [0.3, 0.4) is 0 Å². The van der Waals surface area contributed by atoms with Crippen molar-refractivity contribution in [3.05, 3.63) is 33.8 Å². The van der Waals surface area contributed by atoms with Gasteiger partial charge in [0.15, 0.2) is 0 Å². The zero-order valence-electron chi connectivity index (χ0n) is 10.7. The lowest BCUT2D eigenvalue weighted by atomic mass is 10.1. The van der Waals surface area contributed by atoms with Gasteiger partial charge in [-0.3, -0.25) is 9.59 Å². The van der Waals surface area contributed by atoms with Gasteiger partial charge in [-0.2, -0.15) is 0 Å². The molecule has 1 heterocycles. The van der Waals surface area contributed by atoms with E-state index in [-0.39, 0.29) is 18.4 Å². The van der Waals surface area contributed by atoms with Crippen molar-refractivity contribution in [1.82, 2.24) is 4.90 Å². The number of carbonyl (C=O) groups excluding carboxylic acids is 1. The number of rotatable bonds is 3. The third kappa shape index (κ3) is 3.15. The lowest BCUT2D eigenvalue weighted by molar-refractivity contribution is -0.137. The van der Waals surface area contributed by atoms with Gasteiger partial charge in [0.05, 0.1) is 6.42 Å². The molecule has 0 spiro atoms. The third-order valence-electron chi connectivity index (χ3n) is 3.47. The second kappa shape index (κ2) is 5.74. The Hall–Kier alpha value is -1.36. The maximum Gasteiger partial charge on any atom is 0.305 e. The molecule has 1 aromatic rings. The molecule has 1 aliphatic heterocycles. The van der Waals surface area contributed by atoms with E-state index in [0.717, 1.165) is 22.9 Å². The van der Waals surface area contributed by atoms with Crippen LogP contribution in [0, 0.1) is 6.92 Å². The number of carbonyl (C=O) groups is 2. The smallest absolute Gasteiger partial charge is 0.305 e. The Morgan fingerprint density at radius 3 is 2.84 bits per heavy atom. The Kier molecular flexibility index (Phi) is 4.24. The van der Waals surface area contributed by atoms with E-state index in [0.29, 0.717) is 12.1 Å². The van der Waals surface area contributed by atoms with Gasteiger partial charge in [-0.25, -0.2) is 0 Å². The predicted octanol–water partition coefficient (Wildman–Crippen LogP) is 2.84. The first kappa shape index (κ1) is 14.1. The highest BCUT2D eigenvalue weighted by Gasteiger charge is 2.30. The van der Waals surface area contributed by atoms with Gasteiger partial charge in [-0.1, -0.05) is 22.0 Å². The number of likely N-dealkylation sites (tertiary alicyclic amines) is 1. The number of aryl methyl sites for hydroxylation is 1. The fourth-order valence-electron chi connectivity index (χ4n) is 2.41. The molecule has 4 nitrogen and oxygen atoms in total. The molecule has 0 bridgehead atoms. The fourth-order valence-corrected chi connectivity index (χ4v) is 2.79. The van der Waals surface area contributed by atoms with Crippen molar-refractivity contribution in [3.63, 3.8) is 0 Å². The second-order valence-electron chi connectivity index (χ2n) is 4.86. The summed E-state index contributed by atoms with van der Waals surface area (Å²) in [7, 11) is 0. The lowest BCUT2D eigenvalue weighted by Gasteiger charge is -2.23. The summed E-state index contributed by atoms with van der Waals surface area (Å²) in [4.78, 5) is 24.9. The minimum absolute atomic E-state index is 0.0266. The average molecular weight is 326 g/mol. The molecule has 1 aromatic carbocycles. The number of halogens is 1. The standard InChI is InChI=1S/C14H16BrNO3/c1-9-4-5-10(7-12(9)15)14(19)16-6-2-3-11(16)8-13(17)18/h4-5,7,11H,2-3,6,8H2,1H3,(H,17,18). The lowest BCUT2D eigenvalue weighted by Crippen LogP contribution is -2.36. The highest BCUT2D eigenvalue weighted by atomic mass is 79.9. The predicted molar refractivity (Wildman–Crippen MR) is 75.2 cm³/mol. The quantitative estimate of drug-likeness (QED) is 0.929. The highest BCUT2D eigenvalue weighted by molar-refractivity contribution is 9.10. The van der Waals surface area contributed by atoms with Crippen LogP contribution >= 0.6 is 15.9 Å². The van der Waals surface area contributed by atoms with Crippen molar-refractivity contribution >= 4 is 27.8 Å². The van der Waals surface area contributed by atoms with Gasteiger partial charge in [-0.05, 0) is 37.5 Å². The molecule has 2 rings (SSSR count). The number of hydrogen-bond donors (Lipinski definition) is 1. The van der Waals surface area contributed by atoms with Crippen LogP contribution in [0.4, 0.5) is 0 Å². The van der Waals surface area contributed by atoms with Crippen molar-refractivity contribution in [2.75, 3.05) is 6.54 Å². The summed E-state index contributed by atoms with van der Waals surface area (Å²) in [6.07, 6.45) is 1.67. The highest BCUT2D eigenvalue weighted by Crippen LogP contribution is 2.24. The first-order valence-electron chi connectivity index (χ1n) is 6.28. The number of amides is 1. The maximum atomic E-state index is 12.4. The van der Waals surface area contributed by atoms with E-state index in [1.165, 1.54) is 0 Å². The number of carboxylic acid groups (broad SMARTS) is 1. The van der Waals surface area contributed by atoms with E-state index in [1.807, 2.05) is 13.0 Å². The first-order chi connectivity index (χ1) is 8.99. The van der Waals surface area contributed by atoms with Crippen LogP contribution in [0.25, 0.3) is 0 Å². The van der Waals surface area contributed by atoms with Gasteiger partial charge in [0.2, 0.25) is 0 Å². The number of aliphatic carboxylic acids is 1. The Labute approximate surface area is 120 Å². The van der Waals surface area contributed by atoms with E-state index in [1.54, 1.807) is 17.0 Å². The average Bonchev–Trinajstić information content (AvgIpc) is 2.79. The van der Waals surface area contributed by atoms with Crippen LogP contribution in [-0.2, 0) is 4.79 Å². The first-order valence-corrected chi connectivity index (χ1v) is 7.07. The molecule has 1 atom stereocenters. The summed E-state index contributed by atoms with van der Waals surface area (Å²) in [5.41, 5.74) is 1.68. The van der Waals surface area contributed by atoms with Crippen molar-refractivity contribution in [1.29, 1.82) is 0 Å². The van der Waals surface area contributed by atoms with E-state index >= 15 is 0 Å². The molecule has 1 saturated heterocycles. The van der Waals surface area contributed by atoms with Crippen molar-refractivity contribution in [2.45, 2.75) is 32.2 Å². The van der Waals surface area contributed by atoms with Crippen LogP contribution in [0.1, 0.15) is 35.2 Å². The molecule has 102 valence electrons. The van der Waals surface area contributed by atoms with Crippen LogP contribution in [0.2, 0.25) is 0 Å². The molecule has 0 aliphatic carbocycles. The summed E-state index contributed by atoms with van der Waals surface area (Å²) < 4.78 is 0.896. The molecule has 0 aromatic heterocycles. The molecule has 0 radical (unpaired) electrons. The van der Waals surface area contributed by atoms with E-state index in [2.05, 4.69) is 15.9 Å². The molecule has 1 N–H and O–H groups in total. The minimum atomic E-state index is -0.852. The summed E-state index contributed by atoms with van der Waals surface area (Å²) in [6, 6.07) is 5.30. The van der Waals surface area contributed by atoms with E-state index in [4.69, 9.17) is 5.11 Å². The number of carboxylic acids is 1. The molecular formula is C14H16BrNO3. The largest absolute Gasteiger partial charge is 0.481 e. The molecule has 5 heteroatoms. The topological polar surface area (TPSA) is 57.6 Å². The Bertz CT molecular complexity index is 515. The third-order valence-corrected chi connectivity index (χ3v) is 4.32. The molecule has 1 unspecified atom stereocenters. The van der Waals surface area contributed by atoms with Crippen LogP contribution < -0.4 is 0 Å². The van der Waals surface area contributed by atoms with Crippen molar-refractivity contribution in [3.8, 4) is 0 Å². The zero-order valence-corrected chi connectivity index (χ0v) is 12.3. The minimum Gasteiger partial charge on any atom is -0.481 e. The Balaban J connectivity index is 2.18. The summed E-state index contributed by atoms with van der Waals surface area (Å²) in [5, 5.41) is 8.88. The Morgan fingerprint density at radius 2 is 2.21 bits per heavy atom. The van der Waals surface area contributed by atoms with Gasteiger partial charge >= 0.3 is 5.97 Å². The molecule has 1 amide bonds.